The summed E-state index contributed by atoms with van der Waals surface area (Å²) in [4.78, 5) is 41.4. The van der Waals surface area contributed by atoms with E-state index in [9.17, 15) is 14.4 Å². The smallest absolute Gasteiger partial charge is 0.338 e. The molecule has 0 radical (unpaired) electrons. The van der Waals surface area contributed by atoms with Crippen LogP contribution in [0.5, 0.6) is 0 Å². The van der Waals surface area contributed by atoms with E-state index in [2.05, 4.69) is 31.2 Å². The fourth-order valence-electron chi connectivity index (χ4n) is 6.75. The second-order valence-corrected chi connectivity index (χ2v) is 9.26. The number of imide groups is 1. The third kappa shape index (κ3) is 2.47. The lowest BCUT2D eigenvalue weighted by Gasteiger charge is -2.54. The van der Waals surface area contributed by atoms with Crippen molar-refractivity contribution in [2.75, 3.05) is 11.5 Å². The number of hydrogen-bond donors (Lipinski definition) is 0. The third-order valence-corrected chi connectivity index (χ3v) is 7.99. The van der Waals surface area contributed by atoms with Gasteiger partial charge < -0.3 is 4.74 Å². The van der Waals surface area contributed by atoms with Gasteiger partial charge in [0.25, 0.3) is 0 Å². The van der Waals surface area contributed by atoms with Crippen LogP contribution >= 0.6 is 0 Å². The van der Waals surface area contributed by atoms with E-state index in [1.165, 1.54) is 16.0 Å². The highest BCUT2D eigenvalue weighted by Crippen LogP contribution is 2.65. The summed E-state index contributed by atoms with van der Waals surface area (Å²) in [6.45, 7) is 4.16. The van der Waals surface area contributed by atoms with E-state index in [1.54, 1.807) is 31.2 Å². The Morgan fingerprint density at radius 3 is 2.00 bits per heavy atom. The molecule has 3 aromatic rings. The fraction of sp³-hybridized carbons (Fsp3) is 0.276. The number of nitrogens with zero attached hydrogens (tertiary/aromatic N) is 1. The lowest BCUT2D eigenvalue weighted by molar-refractivity contribution is -0.123. The monoisotopic (exact) mass is 451 g/mol. The van der Waals surface area contributed by atoms with Crippen molar-refractivity contribution in [1.82, 2.24) is 0 Å². The maximum absolute atomic E-state index is 14.1. The molecule has 3 aromatic carbocycles. The Balaban J connectivity index is 1.50. The van der Waals surface area contributed by atoms with Crippen molar-refractivity contribution in [3.05, 3.63) is 101 Å². The van der Waals surface area contributed by atoms with Crippen LogP contribution in [-0.4, -0.2) is 24.4 Å². The Hall–Kier alpha value is -3.73. The SMILES string of the molecule is CCOC(=O)c1ccc(N2C(=O)[C@@H]3C4c5ccccc5C(CC)(c5ccccc54)[C@@H]3C2=O)cc1. The first kappa shape index (κ1) is 20.8. The summed E-state index contributed by atoms with van der Waals surface area (Å²) in [6.07, 6.45) is 0.726. The summed E-state index contributed by atoms with van der Waals surface area (Å²) in [5.41, 5.74) is 5.00. The van der Waals surface area contributed by atoms with Gasteiger partial charge in [0.15, 0.2) is 0 Å². The highest BCUT2D eigenvalue weighted by molar-refractivity contribution is 6.23. The van der Waals surface area contributed by atoms with Crippen LogP contribution in [0.15, 0.2) is 72.8 Å². The molecule has 0 N–H and O–H groups in total. The fourth-order valence-corrected chi connectivity index (χ4v) is 6.75. The molecule has 0 aromatic heterocycles. The van der Waals surface area contributed by atoms with E-state index >= 15 is 0 Å². The number of ether oxygens (including phenoxy) is 1. The molecule has 1 aliphatic heterocycles. The zero-order valence-corrected chi connectivity index (χ0v) is 19.2. The van der Waals surface area contributed by atoms with Gasteiger partial charge in [-0.15, -0.1) is 0 Å². The van der Waals surface area contributed by atoms with Gasteiger partial charge in [-0.2, -0.15) is 0 Å². The molecule has 2 bridgehead atoms. The van der Waals surface area contributed by atoms with E-state index in [4.69, 9.17) is 4.74 Å². The van der Waals surface area contributed by atoms with E-state index < -0.39 is 23.2 Å². The van der Waals surface area contributed by atoms with Crippen molar-refractivity contribution < 1.29 is 19.1 Å². The second kappa shape index (κ2) is 7.39. The molecule has 3 aliphatic carbocycles. The van der Waals surface area contributed by atoms with Crippen LogP contribution in [0.2, 0.25) is 0 Å². The summed E-state index contributed by atoms with van der Waals surface area (Å²) in [6, 6.07) is 23.2. The minimum absolute atomic E-state index is 0.147. The standard InChI is InChI=1S/C29H25NO4/c1-3-29-21-11-7-5-9-19(21)23(20-10-6-8-12-22(20)29)24-25(29)27(32)30(26(24)31)18-15-13-17(14-16-18)28(33)34-4-2/h5-16,23-25H,3-4H2,1-2H3/t23?,24-,25+,29?/m1/s1. The first-order valence-corrected chi connectivity index (χ1v) is 11.9. The Morgan fingerprint density at radius 1 is 0.853 bits per heavy atom. The largest absolute Gasteiger partial charge is 0.462 e. The number of anilines is 1. The van der Waals surface area contributed by atoms with Gasteiger partial charge in [-0.1, -0.05) is 55.5 Å². The van der Waals surface area contributed by atoms with Crippen molar-refractivity contribution in [1.29, 1.82) is 0 Å². The quantitative estimate of drug-likeness (QED) is 0.421. The molecule has 1 fully saturated rings. The van der Waals surface area contributed by atoms with E-state index in [1.807, 2.05) is 24.3 Å². The molecule has 0 saturated carbocycles. The Bertz CT molecular complexity index is 1290. The van der Waals surface area contributed by atoms with Gasteiger partial charge in [0.05, 0.1) is 29.7 Å². The molecule has 0 spiro atoms. The molecular formula is C29H25NO4. The highest BCUT2D eigenvalue weighted by atomic mass is 16.5. The van der Waals surface area contributed by atoms with Crippen LogP contribution in [0.1, 0.15) is 58.8 Å². The molecule has 1 heterocycles. The molecule has 5 nitrogen and oxygen atoms in total. The number of esters is 1. The molecule has 4 aliphatic rings. The molecule has 1 saturated heterocycles. The highest BCUT2D eigenvalue weighted by Gasteiger charge is 2.67. The van der Waals surface area contributed by atoms with Crippen molar-refractivity contribution in [3.63, 3.8) is 0 Å². The van der Waals surface area contributed by atoms with Gasteiger partial charge in [0.2, 0.25) is 11.8 Å². The molecule has 2 atom stereocenters. The van der Waals surface area contributed by atoms with Crippen LogP contribution in [-0.2, 0) is 19.7 Å². The zero-order valence-electron chi connectivity index (χ0n) is 19.2. The van der Waals surface area contributed by atoms with Gasteiger partial charge in [0, 0.05) is 11.3 Å². The predicted molar refractivity (Wildman–Crippen MR) is 128 cm³/mol. The van der Waals surface area contributed by atoms with E-state index in [0.29, 0.717) is 11.3 Å². The number of amides is 2. The molecule has 0 unspecified atom stereocenters. The number of hydrogen-bond acceptors (Lipinski definition) is 4. The Kier molecular flexibility index (Phi) is 4.53. The molecule has 2 amide bonds. The van der Waals surface area contributed by atoms with Gasteiger partial charge in [0.1, 0.15) is 0 Å². The molecular weight excluding hydrogens is 426 g/mol. The zero-order chi connectivity index (χ0) is 23.6. The van der Waals surface area contributed by atoms with Gasteiger partial charge in [-0.05, 0) is 59.9 Å². The second-order valence-electron chi connectivity index (χ2n) is 9.26. The Labute approximate surface area is 198 Å². The van der Waals surface area contributed by atoms with Crippen molar-refractivity contribution in [2.45, 2.75) is 31.6 Å². The summed E-state index contributed by atoms with van der Waals surface area (Å²) in [5.74, 6) is -1.78. The van der Waals surface area contributed by atoms with Crippen LogP contribution in [0.3, 0.4) is 0 Å². The topological polar surface area (TPSA) is 63.7 Å². The first-order valence-electron chi connectivity index (χ1n) is 11.9. The van der Waals surface area contributed by atoms with Crippen LogP contribution in [0.25, 0.3) is 0 Å². The average Bonchev–Trinajstić information content (AvgIpc) is 3.15. The number of carbonyl (C=O) groups is 3. The van der Waals surface area contributed by atoms with Crippen LogP contribution in [0.4, 0.5) is 5.69 Å². The number of benzene rings is 3. The van der Waals surface area contributed by atoms with Crippen molar-refractivity contribution in [3.8, 4) is 0 Å². The lowest BCUT2D eigenvalue weighted by atomic mass is 9.46. The van der Waals surface area contributed by atoms with Gasteiger partial charge >= 0.3 is 5.97 Å². The lowest BCUT2D eigenvalue weighted by Crippen LogP contribution is -2.53. The number of carbonyl (C=O) groups excluding carboxylic acids is 3. The maximum atomic E-state index is 14.1. The first-order chi connectivity index (χ1) is 16.5. The molecule has 7 rings (SSSR count). The third-order valence-electron chi connectivity index (χ3n) is 7.99. The number of rotatable bonds is 4. The van der Waals surface area contributed by atoms with Gasteiger partial charge in [-0.25, -0.2) is 9.69 Å². The van der Waals surface area contributed by atoms with Gasteiger partial charge in [-0.3, -0.25) is 9.59 Å². The van der Waals surface area contributed by atoms with E-state index in [-0.39, 0.29) is 24.3 Å². The normalized spacial score (nSPS) is 26.2. The Morgan fingerprint density at radius 2 is 1.44 bits per heavy atom. The summed E-state index contributed by atoms with van der Waals surface area (Å²) >= 11 is 0. The maximum Gasteiger partial charge on any atom is 0.338 e. The predicted octanol–water partition coefficient (Wildman–Crippen LogP) is 4.82. The van der Waals surface area contributed by atoms with E-state index in [0.717, 1.165) is 17.5 Å². The van der Waals surface area contributed by atoms with Crippen LogP contribution < -0.4 is 4.90 Å². The van der Waals surface area contributed by atoms with Crippen molar-refractivity contribution in [2.24, 2.45) is 11.8 Å². The molecule has 5 heteroatoms. The molecule has 34 heavy (non-hydrogen) atoms. The minimum Gasteiger partial charge on any atom is -0.462 e. The average molecular weight is 452 g/mol. The van der Waals surface area contributed by atoms with Crippen molar-refractivity contribution >= 4 is 23.5 Å². The van der Waals surface area contributed by atoms with Crippen LogP contribution in [0, 0.1) is 11.8 Å². The summed E-state index contributed by atoms with van der Waals surface area (Å²) in [7, 11) is 0. The molecule has 170 valence electrons. The summed E-state index contributed by atoms with van der Waals surface area (Å²) < 4.78 is 5.06. The summed E-state index contributed by atoms with van der Waals surface area (Å²) in [5, 5.41) is 0. The minimum atomic E-state index is -0.543.